The second-order valence-electron chi connectivity index (χ2n) is 6.51. The first-order chi connectivity index (χ1) is 10.3. The van der Waals surface area contributed by atoms with Gasteiger partial charge < -0.3 is 10.0 Å². The van der Waals surface area contributed by atoms with Gasteiger partial charge >= 0.3 is 6.18 Å². The zero-order chi connectivity index (χ0) is 16.3. The monoisotopic (exact) mass is 322 g/mol. The van der Waals surface area contributed by atoms with Crippen LogP contribution in [0.4, 0.5) is 13.2 Å². The van der Waals surface area contributed by atoms with Gasteiger partial charge in [-0.05, 0) is 19.8 Å². The molecule has 1 N–H and O–H groups in total. The maximum Gasteiger partial charge on any atom is 0.392 e. The predicted octanol–water partition coefficient (Wildman–Crippen LogP) is 1.88. The largest absolute Gasteiger partial charge is 0.392 e. The van der Waals surface area contributed by atoms with E-state index in [1.165, 1.54) is 0 Å². The summed E-state index contributed by atoms with van der Waals surface area (Å²) in [6, 6.07) is 0. The van der Waals surface area contributed by atoms with Gasteiger partial charge in [0.2, 0.25) is 5.91 Å². The molecule has 1 heterocycles. The van der Waals surface area contributed by atoms with Gasteiger partial charge in [0.15, 0.2) is 0 Å². The Bertz CT molecular complexity index is 379. The van der Waals surface area contributed by atoms with E-state index >= 15 is 0 Å². The Balaban J connectivity index is 1.93. The van der Waals surface area contributed by atoms with Crippen LogP contribution in [0.2, 0.25) is 0 Å². The molecule has 2 aliphatic rings. The van der Waals surface area contributed by atoms with E-state index in [4.69, 9.17) is 0 Å². The lowest BCUT2D eigenvalue weighted by atomic mass is 9.78. The number of aliphatic hydroxyl groups excluding tert-OH is 1. The molecule has 4 nitrogen and oxygen atoms in total. The maximum atomic E-state index is 13.1. The van der Waals surface area contributed by atoms with Crippen LogP contribution in [0.25, 0.3) is 0 Å². The number of rotatable bonds is 3. The molecule has 2 rings (SSSR count). The van der Waals surface area contributed by atoms with E-state index in [-0.39, 0.29) is 12.3 Å². The van der Waals surface area contributed by atoms with E-state index in [0.717, 1.165) is 0 Å². The van der Waals surface area contributed by atoms with Gasteiger partial charge in [-0.1, -0.05) is 12.8 Å². The topological polar surface area (TPSA) is 43.8 Å². The van der Waals surface area contributed by atoms with Crippen LogP contribution < -0.4 is 0 Å². The van der Waals surface area contributed by atoms with Crippen LogP contribution in [-0.2, 0) is 4.79 Å². The first kappa shape index (κ1) is 17.5. The lowest BCUT2D eigenvalue weighted by Crippen LogP contribution is -2.53. The number of halogens is 3. The number of hydrogen-bond acceptors (Lipinski definition) is 3. The standard InChI is InChI=1S/C15H25F3N2O2/c1-11(21)10-19-6-8-20(9-7-19)14(22)12-4-2-3-5-13(12)15(16,17)18/h11-13,21H,2-10H2,1H3/t11-,12+,13+/m0/s1. The smallest absolute Gasteiger partial charge is 0.392 e. The van der Waals surface area contributed by atoms with Gasteiger partial charge in [-0.2, -0.15) is 13.2 Å². The van der Waals surface area contributed by atoms with Crippen LogP contribution in [0, 0.1) is 11.8 Å². The van der Waals surface area contributed by atoms with E-state index in [0.29, 0.717) is 52.0 Å². The van der Waals surface area contributed by atoms with Gasteiger partial charge in [0.05, 0.1) is 12.0 Å². The number of aliphatic hydroxyl groups is 1. The number of nitrogens with zero attached hydrogens (tertiary/aromatic N) is 2. The highest BCUT2D eigenvalue weighted by Gasteiger charge is 2.49. The Kier molecular flexibility index (Phi) is 5.71. The second-order valence-corrected chi connectivity index (χ2v) is 6.51. The van der Waals surface area contributed by atoms with Crippen molar-refractivity contribution in [1.29, 1.82) is 0 Å². The Morgan fingerprint density at radius 2 is 1.77 bits per heavy atom. The number of β-amino-alcohol motifs (C(OH)–C–C–N with tert-alkyl or cyclic N) is 1. The minimum Gasteiger partial charge on any atom is -0.392 e. The Morgan fingerprint density at radius 1 is 1.18 bits per heavy atom. The quantitative estimate of drug-likeness (QED) is 0.863. The van der Waals surface area contributed by atoms with Gasteiger partial charge in [-0.15, -0.1) is 0 Å². The summed E-state index contributed by atoms with van der Waals surface area (Å²) in [4.78, 5) is 16.1. The summed E-state index contributed by atoms with van der Waals surface area (Å²) in [5.41, 5.74) is 0. The van der Waals surface area contributed by atoms with Crippen molar-refractivity contribution in [3.8, 4) is 0 Å². The summed E-state index contributed by atoms with van der Waals surface area (Å²) >= 11 is 0. The molecule has 1 saturated heterocycles. The van der Waals surface area contributed by atoms with Crippen LogP contribution in [0.15, 0.2) is 0 Å². The van der Waals surface area contributed by atoms with E-state index in [2.05, 4.69) is 0 Å². The van der Waals surface area contributed by atoms with Crippen LogP contribution in [-0.4, -0.2) is 65.8 Å². The molecule has 22 heavy (non-hydrogen) atoms. The minimum atomic E-state index is -4.28. The summed E-state index contributed by atoms with van der Waals surface area (Å²) in [7, 11) is 0. The Labute approximate surface area is 129 Å². The third-order valence-electron chi connectivity index (χ3n) is 4.71. The van der Waals surface area contributed by atoms with Gasteiger partial charge in [0, 0.05) is 38.6 Å². The van der Waals surface area contributed by atoms with E-state index in [9.17, 15) is 23.1 Å². The fraction of sp³-hybridized carbons (Fsp3) is 0.933. The van der Waals surface area contributed by atoms with Crippen molar-refractivity contribution >= 4 is 5.91 Å². The van der Waals surface area contributed by atoms with Crippen molar-refractivity contribution in [2.75, 3.05) is 32.7 Å². The highest BCUT2D eigenvalue weighted by Crippen LogP contribution is 2.42. The number of carbonyl (C=O) groups is 1. The first-order valence-electron chi connectivity index (χ1n) is 8.05. The average molecular weight is 322 g/mol. The predicted molar refractivity (Wildman–Crippen MR) is 76.2 cm³/mol. The van der Waals surface area contributed by atoms with Gasteiger partial charge in [0.1, 0.15) is 0 Å². The van der Waals surface area contributed by atoms with Crippen molar-refractivity contribution in [2.45, 2.75) is 44.9 Å². The van der Waals surface area contributed by atoms with Crippen LogP contribution in [0.3, 0.4) is 0 Å². The van der Waals surface area contributed by atoms with E-state index in [1.807, 2.05) is 4.90 Å². The third-order valence-corrected chi connectivity index (χ3v) is 4.71. The zero-order valence-electron chi connectivity index (χ0n) is 13.0. The van der Waals surface area contributed by atoms with Crippen LogP contribution >= 0.6 is 0 Å². The molecule has 0 unspecified atom stereocenters. The molecule has 1 aliphatic carbocycles. The molecule has 3 atom stereocenters. The number of piperazine rings is 1. The van der Waals surface area contributed by atoms with Crippen molar-refractivity contribution < 1.29 is 23.1 Å². The molecule has 0 radical (unpaired) electrons. The van der Waals surface area contributed by atoms with E-state index < -0.39 is 24.1 Å². The minimum absolute atomic E-state index is 0.0713. The third kappa shape index (κ3) is 4.35. The van der Waals surface area contributed by atoms with Gasteiger partial charge in [-0.3, -0.25) is 9.69 Å². The highest BCUT2D eigenvalue weighted by atomic mass is 19.4. The number of alkyl halides is 3. The summed E-state index contributed by atoms with van der Waals surface area (Å²) in [5.74, 6) is -2.72. The van der Waals surface area contributed by atoms with Crippen molar-refractivity contribution in [3.05, 3.63) is 0 Å². The van der Waals surface area contributed by atoms with E-state index in [1.54, 1.807) is 11.8 Å². The first-order valence-corrected chi connectivity index (χ1v) is 8.05. The van der Waals surface area contributed by atoms with Crippen molar-refractivity contribution in [1.82, 2.24) is 9.80 Å². The molecule has 0 bridgehead atoms. The number of amides is 1. The molecule has 0 aromatic rings. The lowest BCUT2D eigenvalue weighted by molar-refractivity contribution is -0.201. The van der Waals surface area contributed by atoms with Gasteiger partial charge in [0.25, 0.3) is 0 Å². The average Bonchev–Trinajstić information content (AvgIpc) is 2.46. The summed E-state index contributed by atoms with van der Waals surface area (Å²) < 4.78 is 39.4. The molecule has 0 aromatic carbocycles. The summed E-state index contributed by atoms with van der Waals surface area (Å²) in [6.07, 6.45) is -3.05. The normalized spacial score (nSPS) is 29.4. The Morgan fingerprint density at radius 3 is 2.32 bits per heavy atom. The van der Waals surface area contributed by atoms with Crippen molar-refractivity contribution in [3.63, 3.8) is 0 Å². The highest BCUT2D eigenvalue weighted by molar-refractivity contribution is 5.79. The summed E-state index contributed by atoms with van der Waals surface area (Å²) in [5, 5.41) is 9.36. The molecule has 1 saturated carbocycles. The summed E-state index contributed by atoms with van der Waals surface area (Å²) in [6.45, 7) is 4.36. The van der Waals surface area contributed by atoms with Gasteiger partial charge in [-0.25, -0.2) is 0 Å². The lowest BCUT2D eigenvalue weighted by Gasteiger charge is -2.39. The molecule has 0 spiro atoms. The SMILES string of the molecule is C[C@H](O)CN1CCN(C(=O)[C@@H]2CCCC[C@H]2C(F)(F)F)CC1. The molecular weight excluding hydrogens is 297 g/mol. The molecule has 7 heteroatoms. The molecule has 1 amide bonds. The molecule has 2 fully saturated rings. The number of carbonyl (C=O) groups excluding carboxylic acids is 1. The molecule has 0 aromatic heterocycles. The van der Waals surface area contributed by atoms with Crippen molar-refractivity contribution in [2.24, 2.45) is 11.8 Å². The maximum absolute atomic E-state index is 13.1. The molecule has 128 valence electrons. The fourth-order valence-corrected chi connectivity index (χ4v) is 3.58. The second kappa shape index (κ2) is 7.17. The van der Waals surface area contributed by atoms with Crippen LogP contribution in [0.5, 0.6) is 0 Å². The van der Waals surface area contributed by atoms with Crippen LogP contribution in [0.1, 0.15) is 32.6 Å². The zero-order valence-corrected chi connectivity index (χ0v) is 13.0. The Hall–Kier alpha value is -0.820. The fourth-order valence-electron chi connectivity index (χ4n) is 3.58. The molecule has 1 aliphatic heterocycles. The number of hydrogen-bond donors (Lipinski definition) is 1. The molecular formula is C15H25F3N2O2.